The normalized spacial score (nSPS) is 22.3. The van der Waals surface area contributed by atoms with Crippen LogP contribution in [0, 0.1) is 0 Å². The number of hydrogen-bond acceptors (Lipinski definition) is 2. The fourth-order valence-electron chi connectivity index (χ4n) is 2.95. The highest BCUT2D eigenvalue weighted by atomic mass is 15.1. The minimum absolute atomic E-state index is 0.716. The van der Waals surface area contributed by atoms with Crippen LogP contribution in [-0.2, 0) is 6.54 Å². The lowest BCUT2D eigenvalue weighted by atomic mass is 10.0. The first-order valence-corrected chi connectivity index (χ1v) is 7.32. The van der Waals surface area contributed by atoms with Gasteiger partial charge in [-0.25, -0.2) is 0 Å². The summed E-state index contributed by atoms with van der Waals surface area (Å²) in [5.74, 6) is 0.862. The number of rotatable bonds is 4. The Morgan fingerprint density at radius 3 is 2.56 bits per heavy atom. The first kappa shape index (κ1) is 12.2. The fraction of sp³-hybridized carbons (Fsp3) is 0.625. The molecular weight excluding hydrogens is 220 g/mol. The number of hydrogen-bond donors (Lipinski definition) is 1. The van der Waals surface area contributed by atoms with Crippen molar-refractivity contribution in [3.05, 3.63) is 35.4 Å². The van der Waals surface area contributed by atoms with Crippen LogP contribution >= 0.6 is 0 Å². The molecule has 0 aromatic heterocycles. The van der Waals surface area contributed by atoms with Gasteiger partial charge >= 0.3 is 0 Å². The summed E-state index contributed by atoms with van der Waals surface area (Å²) in [6, 6.07) is 9.71. The SMILES string of the molecule is CN1CCC(NCc2ccccc2C2CC2)CC1. The van der Waals surface area contributed by atoms with Crippen molar-refractivity contribution in [1.82, 2.24) is 10.2 Å². The summed E-state index contributed by atoms with van der Waals surface area (Å²) in [5, 5.41) is 3.75. The van der Waals surface area contributed by atoms with Crippen molar-refractivity contribution in [3.63, 3.8) is 0 Å². The summed E-state index contributed by atoms with van der Waals surface area (Å²) in [6.07, 6.45) is 5.38. The summed E-state index contributed by atoms with van der Waals surface area (Å²) in [7, 11) is 2.22. The third-order valence-corrected chi connectivity index (χ3v) is 4.37. The second-order valence-corrected chi connectivity index (χ2v) is 5.93. The monoisotopic (exact) mass is 244 g/mol. The van der Waals surface area contributed by atoms with Crippen molar-refractivity contribution in [1.29, 1.82) is 0 Å². The van der Waals surface area contributed by atoms with Crippen LogP contribution in [0.3, 0.4) is 0 Å². The molecule has 2 nitrogen and oxygen atoms in total. The molecule has 1 aromatic rings. The van der Waals surface area contributed by atoms with Crippen LogP contribution in [0.5, 0.6) is 0 Å². The predicted octanol–water partition coefficient (Wildman–Crippen LogP) is 2.75. The maximum atomic E-state index is 3.75. The van der Waals surface area contributed by atoms with E-state index in [2.05, 4.69) is 41.5 Å². The van der Waals surface area contributed by atoms with E-state index >= 15 is 0 Å². The largest absolute Gasteiger partial charge is 0.310 e. The summed E-state index contributed by atoms with van der Waals surface area (Å²) in [6.45, 7) is 3.53. The van der Waals surface area contributed by atoms with Crippen LogP contribution in [0.4, 0.5) is 0 Å². The smallest absolute Gasteiger partial charge is 0.0210 e. The minimum Gasteiger partial charge on any atom is -0.310 e. The zero-order valence-electron chi connectivity index (χ0n) is 11.4. The van der Waals surface area contributed by atoms with Gasteiger partial charge in [-0.2, -0.15) is 0 Å². The van der Waals surface area contributed by atoms with Crippen molar-refractivity contribution >= 4 is 0 Å². The fourth-order valence-corrected chi connectivity index (χ4v) is 2.95. The van der Waals surface area contributed by atoms with Crippen LogP contribution in [-0.4, -0.2) is 31.1 Å². The van der Waals surface area contributed by atoms with Crippen molar-refractivity contribution < 1.29 is 0 Å². The Hall–Kier alpha value is -0.860. The number of benzene rings is 1. The molecule has 0 bridgehead atoms. The van der Waals surface area contributed by atoms with Gasteiger partial charge in [0.25, 0.3) is 0 Å². The van der Waals surface area contributed by atoms with Crippen molar-refractivity contribution in [2.24, 2.45) is 0 Å². The van der Waals surface area contributed by atoms with E-state index in [1.165, 1.54) is 44.3 Å². The van der Waals surface area contributed by atoms with Crippen LogP contribution < -0.4 is 5.32 Å². The van der Waals surface area contributed by atoms with E-state index in [0.717, 1.165) is 12.5 Å². The van der Waals surface area contributed by atoms with Gasteiger partial charge in [0.1, 0.15) is 0 Å². The standard InChI is InChI=1S/C16H24N2/c1-18-10-8-15(9-11-18)17-12-14-4-2-3-5-16(14)13-6-7-13/h2-5,13,15,17H,6-12H2,1H3. The Bertz CT molecular complexity index is 390. The second kappa shape index (κ2) is 5.41. The zero-order valence-corrected chi connectivity index (χ0v) is 11.4. The van der Waals surface area contributed by atoms with Gasteiger partial charge < -0.3 is 10.2 Å². The number of nitrogens with zero attached hydrogens (tertiary/aromatic N) is 1. The average molecular weight is 244 g/mol. The second-order valence-electron chi connectivity index (χ2n) is 5.93. The molecule has 3 rings (SSSR count). The molecule has 0 atom stereocenters. The molecule has 18 heavy (non-hydrogen) atoms. The molecule has 1 saturated carbocycles. The van der Waals surface area contributed by atoms with E-state index in [1.54, 1.807) is 5.56 Å². The van der Waals surface area contributed by atoms with Crippen molar-refractivity contribution in [2.75, 3.05) is 20.1 Å². The highest BCUT2D eigenvalue weighted by Crippen LogP contribution is 2.41. The van der Waals surface area contributed by atoms with E-state index in [4.69, 9.17) is 0 Å². The lowest BCUT2D eigenvalue weighted by Crippen LogP contribution is -2.40. The molecule has 1 aliphatic carbocycles. The summed E-state index contributed by atoms with van der Waals surface area (Å²) < 4.78 is 0. The van der Waals surface area contributed by atoms with Crippen molar-refractivity contribution in [2.45, 2.75) is 44.2 Å². The van der Waals surface area contributed by atoms with E-state index in [1.807, 2.05) is 0 Å². The van der Waals surface area contributed by atoms with Gasteiger partial charge in [0.2, 0.25) is 0 Å². The Kier molecular flexibility index (Phi) is 3.67. The molecule has 2 fully saturated rings. The topological polar surface area (TPSA) is 15.3 Å². The van der Waals surface area contributed by atoms with Gasteiger partial charge in [-0.3, -0.25) is 0 Å². The molecule has 2 heteroatoms. The molecular formula is C16H24N2. The first-order chi connectivity index (χ1) is 8.83. The third-order valence-electron chi connectivity index (χ3n) is 4.37. The molecule has 0 radical (unpaired) electrons. The summed E-state index contributed by atoms with van der Waals surface area (Å²) >= 11 is 0. The average Bonchev–Trinajstić information content (AvgIpc) is 3.23. The highest BCUT2D eigenvalue weighted by molar-refractivity contribution is 5.33. The molecule has 2 aliphatic rings. The van der Waals surface area contributed by atoms with E-state index in [9.17, 15) is 0 Å². The number of likely N-dealkylation sites (tertiary alicyclic amines) is 1. The Balaban J connectivity index is 1.56. The van der Waals surface area contributed by atoms with E-state index in [0.29, 0.717) is 6.04 Å². The Labute approximate surface area is 110 Å². The third kappa shape index (κ3) is 2.93. The predicted molar refractivity (Wildman–Crippen MR) is 75.8 cm³/mol. The van der Waals surface area contributed by atoms with Gasteiger partial charge in [0.05, 0.1) is 0 Å². The first-order valence-electron chi connectivity index (χ1n) is 7.32. The maximum Gasteiger partial charge on any atom is 0.0210 e. The minimum atomic E-state index is 0.716. The van der Waals surface area contributed by atoms with Crippen LogP contribution in [0.1, 0.15) is 42.7 Å². The van der Waals surface area contributed by atoms with Gasteiger partial charge in [-0.05, 0) is 62.9 Å². The summed E-state index contributed by atoms with van der Waals surface area (Å²) in [5.41, 5.74) is 3.12. The quantitative estimate of drug-likeness (QED) is 0.876. The van der Waals surface area contributed by atoms with E-state index < -0.39 is 0 Å². The maximum absolute atomic E-state index is 3.75. The van der Waals surface area contributed by atoms with E-state index in [-0.39, 0.29) is 0 Å². The Morgan fingerprint density at radius 1 is 1.11 bits per heavy atom. The van der Waals surface area contributed by atoms with Crippen LogP contribution in [0.2, 0.25) is 0 Å². The van der Waals surface area contributed by atoms with Crippen LogP contribution in [0.25, 0.3) is 0 Å². The lowest BCUT2D eigenvalue weighted by Gasteiger charge is -2.29. The molecule has 0 unspecified atom stereocenters. The molecule has 1 aromatic carbocycles. The van der Waals surface area contributed by atoms with Gasteiger partial charge in [0, 0.05) is 12.6 Å². The molecule has 1 aliphatic heterocycles. The lowest BCUT2D eigenvalue weighted by molar-refractivity contribution is 0.234. The molecule has 1 heterocycles. The number of piperidine rings is 1. The number of nitrogens with one attached hydrogen (secondary N) is 1. The van der Waals surface area contributed by atoms with Gasteiger partial charge in [-0.15, -0.1) is 0 Å². The molecule has 1 N–H and O–H groups in total. The van der Waals surface area contributed by atoms with Gasteiger partial charge in [-0.1, -0.05) is 24.3 Å². The zero-order chi connectivity index (χ0) is 12.4. The highest BCUT2D eigenvalue weighted by Gasteiger charge is 2.25. The van der Waals surface area contributed by atoms with Gasteiger partial charge in [0.15, 0.2) is 0 Å². The molecule has 0 spiro atoms. The molecule has 1 saturated heterocycles. The van der Waals surface area contributed by atoms with Crippen molar-refractivity contribution in [3.8, 4) is 0 Å². The molecule has 0 amide bonds. The van der Waals surface area contributed by atoms with Crippen LogP contribution in [0.15, 0.2) is 24.3 Å². The Morgan fingerprint density at radius 2 is 1.83 bits per heavy atom. The molecule has 98 valence electrons. The summed E-state index contributed by atoms with van der Waals surface area (Å²) in [4.78, 5) is 2.43.